The van der Waals surface area contributed by atoms with E-state index in [2.05, 4.69) is 6.07 Å². The first-order chi connectivity index (χ1) is 11.5. The average molecular weight is 321 g/mol. The van der Waals surface area contributed by atoms with E-state index in [1.54, 1.807) is 22.9 Å². The zero-order valence-electron chi connectivity index (χ0n) is 12.7. The molecule has 0 aliphatic heterocycles. The molecule has 3 aromatic rings. The highest BCUT2D eigenvalue weighted by molar-refractivity contribution is 6.38. The number of carbonyl (C=O) groups excluding carboxylic acids is 1. The summed E-state index contributed by atoms with van der Waals surface area (Å²) in [6.45, 7) is 0.492. The van der Waals surface area contributed by atoms with Gasteiger partial charge < -0.3 is 14.8 Å². The predicted octanol–water partition coefficient (Wildman–Crippen LogP) is 3.24. The first kappa shape index (κ1) is 15.6. The minimum atomic E-state index is -1.60. The molecule has 5 heteroatoms. The smallest absolute Gasteiger partial charge is 0.376 e. The van der Waals surface area contributed by atoms with Crippen molar-refractivity contribution in [2.45, 2.75) is 6.54 Å². The maximum absolute atomic E-state index is 11.2. The number of carbonyl (C=O) groups is 2. The summed E-state index contributed by atoms with van der Waals surface area (Å²) in [6, 6.07) is 17.4. The van der Waals surface area contributed by atoms with E-state index < -0.39 is 11.8 Å². The number of carboxylic acid groups (broad SMARTS) is 1. The summed E-state index contributed by atoms with van der Waals surface area (Å²) >= 11 is 0. The lowest BCUT2D eigenvalue weighted by atomic mass is 10.1. The molecule has 0 aliphatic carbocycles. The number of fused-ring (bicyclic) bond motifs is 1. The summed E-state index contributed by atoms with van der Waals surface area (Å²) < 4.78 is 1.76. The lowest BCUT2D eigenvalue weighted by Gasteiger charge is -2.10. The Morgan fingerprint density at radius 3 is 2.46 bits per heavy atom. The summed E-state index contributed by atoms with van der Waals surface area (Å²) in [6.07, 6.45) is 2.48. The normalized spacial score (nSPS) is 11.6. The molecule has 0 bridgehead atoms. The van der Waals surface area contributed by atoms with Crippen LogP contribution >= 0.6 is 0 Å². The molecule has 0 amide bonds. The van der Waals surface area contributed by atoms with Gasteiger partial charge in [0, 0.05) is 18.8 Å². The van der Waals surface area contributed by atoms with Crippen LogP contribution in [0.15, 0.2) is 66.9 Å². The van der Waals surface area contributed by atoms with Crippen molar-refractivity contribution >= 4 is 28.3 Å². The minimum Gasteiger partial charge on any atom is -0.506 e. The number of nitrogens with zero attached hydrogens (tertiary/aromatic N) is 1. The fourth-order valence-corrected chi connectivity index (χ4v) is 2.58. The summed E-state index contributed by atoms with van der Waals surface area (Å²) in [5, 5.41) is 20.9. The average Bonchev–Trinajstić information content (AvgIpc) is 3.02. The molecule has 0 aliphatic rings. The first-order valence-electron chi connectivity index (χ1n) is 7.36. The first-order valence-corrected chi connectivity index (χ1v) is 7.36. The number of hydrogen-bond donors (Lipinski definition) is 2. The van der Waals surface area contributed by atoms with Gasteiger partial charge in [0.1, 0.15) is 5.76 Å². The van der Waals surface area contributed by atoms with Crippen LogP contribution in [0.3, 0.4) is 0 Å². The molecule has 0 saturated carbocycles. The van der Waals surface area contributed by atoms with Gasteiger partial charge >= 0.3 is 5.97 Å². The van der Waals surface area contributed by atoms with Gasteiger partial charge in [-0.25, -0.2) is 4.79 Å². The van der Waals surface area contributed by atoms with Gasteiger partial charge in [-0.15, -0.1) is 0 Å². The predicted molar refractivity (Wildman–Crippen MR) is 90.7 cm³/mol. The van der Waals surface area contributed by atoms with Crippen LogP contribution in [0.5, 0.6) is 0 Å². The molecule has 120 valence electrons. The van der Waals surface area contributed by atoms with Crippen molar-refractivity contribution in [1.82, 2.24) is 4.57 Å². The Kier molecular flexibility index (Phi) is 4.16. The van der Waals surface area contributed by atoms with Gasteiger partial charge in [-0.1, -0.05) is 36.4 Å². The molecule has 3 rings (SSSR count). The van der Waals surface area contributed by atoms with Crippen molar-refractivity contribution < 1.29 is 19.8 Å². The zero-order chi connectivity index (χ0) is 17.1. The van der Waals surface area contributed by atoms with E-state index in [1.165, 1.54) is 0 Å². The molecule has 0 saturated heterocycles. The third-order valence-corrected chi connectivity index (χ3v) is 3.74. The fourth-order valence-electron chi connectivity index (χ4n) is 2.58. The van der Waals surface area contributed by atoms with Crippen LogP contribution in [0.4, 0.5) is 0 Å². The van der Waals surface area contributed by atoms with Crippen LogP contribution in [0.25, 0.3) is 16.5 Å². The molecule has 1 aromatic heterocycles. The van der Waals surface area contributed by atoms with Gasteiger partial charge in [-0.2, -0.15) is 0 Å². The van der Waals surface area contributed by atoms with Gasteiger partial charge in [0.15, 0.2) is 0 Å². The van der Waals surface area contributed by atoms with E-state index in [9.17, 15) is 14.7 Å². The van der Waals surface area contributed by atoms with Crippen LogP contribution in [0.2, 0.25) is 0 Å². The largest absolute Gasteiger partial charge is 0.506 e. The van der Waals surface area contributed by atoms with E-state index in [0.717, 1.165) is 16.3 Å². The number of carboxylic acids is 1. The van der Waals surface area contributed by atoms with Gasteiger partial charge in [0.05, 0.1) is 5.69 Å². The van der Waals surface area contributed by atoms with Gasteiger partial charge in [0.2, 0.25) is 0 Å². The quantitative estimate of drug-likeness (QED) is 0.429. The van der Waals surface area contributed by atoms with Crippen molar-refractivity contribution in [3.05, 3.63) is 78.1 Å². The maximum atomic E-state index is 11.2. The molecule has 1 heterocycles. The molecular weight excluding hydrogens is 306 g/mol. The number of rotatable bonds is 5. The van der Waals surface area contributed by atoms with Crippen molar-refractivity contribution in [2.24, 2.45) is 0 Å². The number of aliphatic hydroxyl groups is 1. The monoisotopic (exact) mass is 321 g/mol. The Morgan fingerprint density at radius 2 is 1.71 bits per heavy atom. The third kappa shape index (κ3) is 3.20. The number of ketones is 1. The maximum Gasteiger partial charge on any atom is 0.376 e. The molecule has 0 spiro atoms. The Bertz CT molecular complexity index is 953. The summed E-state index contributed by atoms with van der Waals surface area (Å²) in [5.74, 6) is -3.13. The van der Waals surface area contributed by atoms with E-state index in [-0.39, 0.29) is 5.76 Å². The number of aromatic nitrogens is 1. The summed E-state index contributed by atoms with van der Waals surface area (Å²) in [5.41, 5.74) is 1.42. The number of aliphatic hydroxyl groups excluding tert-OH is 1. The second kappa shape index (κ2) is 6.42. The van der Waals surface area contributed by atoms with E-state index in [4.69, 9.17) is 5.11 Å². The Hall–Kier alpha value is -3.34. The van der Waals surface area contributed by atoms with Gasteiger partial charge in [-0.3, -0.25) is 4.79 Å². The zero-order valence-corrected chi connectivity index (χ0v) is 12.7. The molecule has 0 fully saturated rings. The SMILES string of the molecule is O=C(O)C(=O)/C=C(\O)c1cccn1Cc1ccc2ccccc2c1. The third-order valence-electron chi connectivity index (χ3n) is 3.74. The van der Waals surface area contributed by atoms with Crippen molar-refractivity contribution in [2.75, 3.05) is 0 Å². The second-order valence-electron chi connectivity index (χ2n) is 5.40. The second-order valence-corrected chi connectivity index (χ2v) is 5.40. The molecule has 0 radical (unpaired) electrons. The highest BCUT2D eigenvalue weighted by Crippen LogP contribution is 2.19. The number of benzene rings is 2. The van der Waals surface area contributed by atoms with Crippen LogP contribution in [0.1, 0.15) is 11.3 Å². The van der Waals surface area contributed by atoms with Crippen LogP contribution in [0, 0.1) is 0 Å². The molecule has 24 heavy (non-hydrogen) atoms. The Balaban J connectivity index is 1.89. The van der Waals surface area contributed by atoms with Gasteiger partial charge in [-0.05, 0) is 34.5 Å². The molecule has 2 aromatic carbocycles. The number of aliphatic carboxylic acids is 1. The summed E-state index contributed by atoms with van der Waals surface area (Å²) in [7, 11) is 0. The Morgan fingerprint density at radius 1 is 0.958 bits per heavy atom. The highest BCUT2D eigenvalue weighted by Gasteiger charge is 2.13. The topological polar surface area (TPSA) is 79.5 Å². The lowest BCUT2D eigenvalue weighted by Crippen LogP contribution is -2.10. The number of hydrogen-bond acceptors (Lipinski definition) is 3. The van der Waals surface area contributed by atoms with Gasteiger partial charge in [0.25, 0.3) is 5.78 Å². The van der Waals surface area contributed by atoms with Crippen LogP contribution in [-0.2, 0) is 16.1 Å². The van der Waals surface area contributed by atoms with Crippen molar-refractivity contribution in [1.29, 1.82) is 0 Å². The molecule has 0 unspecified atom stereocenters. The fraction of sp³-hybridized carbons (Fsp3) is 0.0526. The molecule has 5 nitrogen and oxygen atoms in total. The van der Waals surface area contributed by atoms with Crippen molar-refractivity contribution in [3.8, 4) is 0 Å². The van der Waals surface area contributed by atoms with E-state index in [0.29, 0.717) is 18.3 Å². The van der Waals surface area contributed by atoms with Crippen LogP contribution < -0.4 is 0 Å². The molecule has 2 N–H and O–H groups in total. The standard InChI is InChI=1S/C19H15NO4/c21-17(11-18(22)19(23)24)16-6-3-9-20(16)12-13-7-8-14-4-1-2-5-15(14)10-13/h1-11,21H,12H2,(H,23,24)/b17-11-. The van der Waals surface area contributed by atoms with E-state index in [1.807, 2.05) is 36.4 Å². The highest BCUT2D eigenvalue weighted by atomic mass is 16.4. The lowest BCUT2D eigenvalue weighted by molar-refractivity contribution is -0.146. The summed E-state index contributed by atoms with van der Waals surface area (Å²) in [4.78, 5) is 21.8. The molecule has 0 atom stereocenters. The van der Waals surface area contributed by atoms with Crippen LogP contribution in [-0.4, -0.2) is 26.5 Å². The van der Waals surface area contributed by atoms with Crippen molar-refractivity contribution in [3.63, 3.8) is 0 Å². The minimum absolute atomic E-state index is 0.367. The Labute approximate surface area is 138 Å². The van der Waals surface area contributed by atoms with E-state index >= 15 is 0 Å². The molecular formula is C19H15NO4.